The zero-order chi connectivity index (χ0) is 67.3. The number of rotatable bonds is 70. The van der Waals surface area contributed by atoms with Gasteiger partial charge in [-0.3, -0.25) is 37.3 Å². The van der Waals surface area contributed by atoms with Crippen molar-refractivity contribution in [3.8, 4) is 0 Å². The van der Waals surface area contributed by atoms with Gasteiger partial charge >= 0.3 is 39.5 Å². The third kappa shape index (κ3) is 63.9. The molecule has 0 fully saturated rings. The van der Waals surface area contributed by atoms with Gasteiger partial charge in [0.05, 0.1) is 26.4 Å². The number of ether oxygens (including phenoxy) is 4. The first-order valence-electron chi connectivity index (χ1n) is 37.4. The predicted molar refractivity (Wildman–Crippen MR) is 368 cm³/mol. The number of phosphoric acid groups is 2. The fraction of sp³-hybridized carbons (Fsp3) is 0.944. The number of hydrogen-bond donors (Lipinski definition) is 3. The largest absolute Gasteiger partial charge is 0.472 e. The Kier molecular flexibility index (Phi) is 61.5. The maximum Gasteiger partial charge on any atom is 0.472 e. The van der Waals surface area contributed by atoms with Gasteiger partial charge in [0.2, 0.25) is 0 Å². The topological polar surface area (TPSA) is 237 Å². The molecule has 0 amide bonds. The number of unbranched alkanes of at least 4 members (excludes halogenated alkanes) is 36. The molecule has 0 saturated carbocycles. The van der Waals surface area contributed by atoms with Crippen LogP contribution in [0.2, 0.25) is 0 Å². The molecule has 17 nitrogen and oxygen atoms in total. The highest BCUT2D eigenvalue weighted by atomic mass is 31.2. The molecule has 0 aromatic heterocycles. The summed E-state index contributed by atoms with van der Waals surface area (Å²) in [5.41, 5.74) is 0. The van der Waals surface area contributed by atoms with Gasteiger partial charge in [0.25, 0.3) is 0 Å². The molecule has 540 valence electrons. The van der Waals surface area contributed by atoms with Crippen LogP contribution in [0.25, 0.3) is 0 Å². The molecule has 0 bridgehead atoms. The van der Waals surface area contributed by atoms with Gasteiger partial charge < -0.3 is 33.8 Å². The van der Waals surface area contributed by atoms with Crippen LogP contribution < -0.4 is 0 Å². The molecular formula is C72H140O17P2. The Balaban J connectivity index is 5.24. The Hall–Kier alpha value is -1.94. The first-order chi connectivity index (χ1) is 43.8. The molecule has 0 radical (unpaired) electrons. The summed E-state index contributed by atoms with van der Waals surface area (Å²) in [7, 11) is -9.90. The standard InChI is InChI=1S/C72H140O17P2/c1-8-11-12-13-14-15-21-25-32-41-48-55-71(76)89-68(60-83-70(75)54-47-40-35-34-38-45-52-65(7)10-3)62-87-91(80,81)85-58-66(73)57-84-90(78,79)86-61-67(59-82-69(74)53-46-39-31-28-27-30-37-44-51-64(6)9-2)88-72(77)56-49-42-33-26-23-20-18-16-17-19-22-24-29-36-43-50-63(4)5/h63-68,73H,8-62H2,1-7H3,(H,78,79)(H,80,81)/t64?,65?,66-,67-,68-/m1/s1. The van der Waals surface area contributed by atoms with Gasteiger partial charge in [0, 0.05) is 25.7 Å². The summed E-state index contributed by atoms with van der Waals surface area (Å²) in [4.78, 5) is 72.6. The highest BCUT2D eigenvalue weighted by molar-refractivity contribution is 7.47. The van der Waals surface area contributed by atoms with Crippen molar-refractivity contribution in [1.29, 1.82) is 0 Å². The minimum atomic E-state index is -4.95. The van der Waals surface area contributed by atoms with Crippen LogP contribution in [0.5, 0.6) is 0 Å². The first-order valence-corrected chi connectivity index (χ1v) is 40.4. The van der Waals surface area contributed by atoms with Gasteiger partial charge in [-0.1, -0.05) is 312 Å². The quantitative estimate of drug-likeness (QED) is 0.0222. The number of hydrogen-bond acceptors (Lipinski definition) is 15. The van der Waals surface area contributed by atoms with Crippen LogP contribution in [0.15, 0.2) is 0 Å². The van der Waals surface area contributed by atoms with Crippen LogP contribution in [0, 0.1) is 17.8 Å². The van der Waals surface area contributed by atoms with Crippen molar-refractivity contribution < 1.29 is 80.2 Å². The Morgan fingerprint density at radius 1 is 0.319 bits per heavy atom. The van der Waals surface area contributed by atoms with Crippen molar-refractivity contribution in [3.05, 3.63) is 0 Å². The van der Waals surface area contributed by atoms with Crippen molar-refractivity contribution in [2.24, 2.45) is 17.8 Å². The zero-order valence-electron chi connectivity index (χ0n) is 59.3. The van der Waals surface area contributed by atoms with Crippen molar-refractivity contribution in [2.45, 2.75) is 381 Å². The monoisotopic (exact) mass is 1340 g/mol. The summed E-state index contributed by atoms with van der Waals surface area (Å²) in [5.74, 6) is 0.187. The molecule has 0 aromatic rings. The molecule has 4 unspecified atom stereocenters. The van der Waals surface area contributed by atoms with E-state index in [1.807, 2.05) is 0 Å². The van der Waals surface area contributed by atoms with Crippen molar-refractivity contribution in [1.82, 2.24) is 0 Å². The second kappa shape index (κ2) is 62.8. The summed E-state index contributed by atoms with van der Waals surface area (Å²) < 4.78 is 68.3. The highest BCUT2D eigenvalue weighted by Crippen LogP contribution is 2.45. The van der Waals surface area contributed by atoms with Crippen LogP contribution in [-0.4, -0.2) is 96.7 Å². The van der Waals surface area contributed by atoms with Crippen LogP contribution in [0.3, 0.4) is 0 Å². The van der Waals surface area contributed by atoms with Crippen LogP contribution in [0.1, 0.15) is 363 Å². The maximum atomic E-state index is 13.0. The molecule has 0 heterocycles. The third-order valence-electron chi connectivity index (χ3n) is 17.4. The lowest BCUT2D eigenvalue weighted by molar-refractivity contribution is -0.161. The lowest BCUT2D eigenvalue weighted by Gasteiger charge is -2.21. The minimum Gasteiger partial charge on any atom is -0.462 e. The van der Waals surface area contributed by atoms with E-state index in [2.05, 4.69) is 48.5 Å². The van der Waals surface area contributed by atoms with Gasteiger partial charge in [-0.05, 0) is 43.4 Å². The van der Waals surface area contributed by atoms with Gasteiger partial charge in [0.1, 0.15) is 19.3 Å². The minimum absolute atomic E-state index is 0.106. The Bertz CT molecular complexity index is 1790. The summed E-state index contributed by atoms with van der Waals surface area (Å²) >= 11 is 0. The molecule has 19 heteroatoms. The van der Waals surface area contributed by atoms with E-state index in [0.717, 1.165) is 114 Å². The van der Waals surface area contributed by atoms with Gasteiger partial charge in [-0.25, -0.2) is 9.13 Å². The van der Waals surface area contributed by atoms with Crippen LogP contribution in [-0.2, 0) is 65.4 Å². The molecular weight excluding hydrogens is 1200 g/mol. The van der Waals surface area contributed by atoms with E-state index >= 15 is 0 Å². The highest BCUT2D eigenvalue weighted by Gasteiger charge is 2.30. The second-order valence-corrected chi connectivity index (χ2v) is 29.8. The molecule has 0 aliphatic heterocycles. The number of esters is 4. The fourth-order valence-electron chi connectivity index (χ4n) is 10.8. The summed E-state index contributed by atoms with van der Waals surface area (Å²) in [5, 5.41) is 10.6. The van der Waals surface area contributed by atoms with E-state index in [0.29, 0.717) is 25.7 Å². The van der Waals surface area contributed by atoms with E-state index in [1.165, 1.54) is 167 Å². The van der Waals surface area contributed by atoms with Crippen molar-refractivity contribution in [2.75, 3.05) is 39.6 Å². The molecule has 0 saturated heterocycles. The van der Waals surface area contributed by atoms with E-state index in [4.69, 9.17) is 37.0 Å². The zero-order valence-corrected chi connectivity index (χ0v) is 61.1. The van der Waals surface area contributed by atoms with E-state index in [-0.39, 0.29) is 25.7 Å². The lowest BCUT2D eigenvalue weighted by Crippen LogP contribution is -2.30. The number of carbonyl (C=O) groups is 4. The van der Waals surface area contributed by atoms with E-state index in [9.17, 15) is 43.2 Å². The smallest absolute Gasteiger partial charge is 0.462 e. The van der Waals surface area contributed by atoms with E-state index < -0.39 is 97.5 Å². The van der Waals surface area contributed by atoms with Crippen LogP contribution >= 0.6 is 15.6 Å². The molecule has 3 N–H and O–H groups in total. The summed E-state index contributed by atoms with van der Waals surface area (Å²) in [6.07, 6.45) is 47.1. The lowest BCUT2D eigenvalue weighted by atomic mass is 9.99. The molecule has 91 heavy (non-hydrogen) atoms. The van der Waals surface area contributed by atoms with Crippen molar-refractivity contribution >= 4 is 39.5 Å². The predicted octanol–water partition coefficient (Wildman–Crippen LogP) is 20.6. The summed E-state index contributed by atoms with van der Waals surface area (Å²) in [6.45, 7) is 11.9. The molecule has 0 spiro atoms. The van der Waals surface area contributed by atoms with Gasteiger partial charge in [-0.15, -0.1) is 0 Å². The number of carbonyl (C=O) groups excluding carboxylic acids is 4. The number of aliphatic hydroxyl groups excluding tert-OH is 1. The molecule has 7 atom stereocenters. The number of aliphatic hydroxyl groups is 1. The maximum absolute atomic E-state index is 13.0. The molecule has 0 rings (SSSR count). The third-order valence-corrected chi connectivity index (χ3v) is 19.3. The Labute approximate surface area is 556 Å². The fourth-order valence-corrected chi connectivity index (χ4v) is 12.4. The first kappa shape index (κ1) is 89.1. The Morgan fingerprint density at radius 3 is 0.835 bits per heavy atom. The van der Waals surface area contributed by atoms with Gasteiger partial charge in [0.15, 0.2) is 12.2 Å². The summed E-state index contributed by atoms with van der Waals surface area (Å²) in [6, 6.07) is 0. The molecule has 0 aliphatic rings. The van der Waals surface area contributed by atoms with Gasteiger partial charge in [-0.2, -0.15) is 0 Å². The SMILES string of the molecule is CCCCCCCCCCCCCC(=O)O[C@H](COC(=O)CCCCCCCCC(C)CC)COP(=O)(O)OC[C@H](O)COP(=O)(O)OC[C@@H](COC(=O)CCCCCCCCCCC(C)CC)OC(=O)CCCCCCCCCCCCCCCCCC(C)C. The van der Waals surface area contributed by atoms with E-state index in [1.54, 1.807) is 0 Å². The molecule has 0 aromatic carbocycles. The normalized spacial score (nSPS) is 14.8. The Morgan fingerprint density at radius 2 is 0.560 bits per heavy atom. The van der Waals surface area contributed by atoms with Crippen LogP contribution in [0.4, 0.5) is 0 Å². The van der Waals surface area contributed by atoms with Crippen molar-refractivity contribution in [3.63, 3.8) is 0 Å². The average molecular weight is 1340 g/mol. The average Bonchev–Trinajstić information content (AvgIpc) is 2.95. The number of phosphoric ester groups is 2. The molecule has 0 aliphatic carbocycles. The second-order valence-electron chi connectivity index (χ2n) is 26.9.